The van der Waals surface area contributed by atoms with Crippen LogP contribution in [0.15, 0.2) is 0 Å². The second-order valence-electron chi connectivity index (χ2n) is 3.31. The molecule has 1 aliphatic heterocycles. The third kappa shape index (κ3) is 3.60. The average molecular weight is 208 g/mol. The fourth-order valence-electron chi connectivity index (χ4n) is 1.25. The lowest BCUT2D eigenvalue weighted by molar-refractivity contribution is 0.0383. The van der Waals surface area contributed by atoms with Crippen molar-refractivity contribution in [2.75, 3.05) is 32.8 Å². The Morgan fingerprint density at radius 2 is 2.00 bits per heavy atom. The number of primary sulfonamides is 1. The summed E-state index contributed by atoms with van der Waals surface area (Å²) < 4.78 is 27.0. The number of nitrogens with zero attached hydrogens (tertiary/aromatic N) is 1. The van der Waals surface area contributed by atoms with Gasteiger partial charge in [0.15, 0.2) is 0 Å². The number of morpholine rings is 1. The normalized spacial score (nSPS) is 22.9. The van der Waals surface area contributed by atoms with Gasteiger partial charge in [-0.3, -0.25) is 4.90 Å². The topological polar surface area (TPSA) is 72.6 Å². The molecule has 0 spiro atoms. The van der Waals surface area contributed by atoms with E-state index in [9.17, 15) is 8.42 Å². The zero-order valence-corrected chi connectivity index (χ0v) is 8.59. The minimum atomic E-state index is -3.38. The van der Waals surface area contributed by atoms with E-state index in [-0.39, 0.29) is 0 Å². The molecule has 1 rings (SSSR count). The Morgan fingerprint density at radius 1 is 1.46 bits per heavy atom. The molecule has 1 heterocycles. The van der Waals surface area contributed by atoms with Crippen LogP contribution < -0.4 is 5.14 Å². The van der Waals surface area contributed by atoms with E-state index >= 15 is 0 Å². The molecule has 13 heavy (non-hydrogen) atoms. The van der Waals surface area contributed by atoms with Crippen molar-refractivity contribution < 1.29 is 13.2 Å². The van der Waals surface area contributed by atoms with Gasteiger partial charge in [0, 0.05) is 19.6 Å². The van der Waals surface area contributed by atoms with Crippen LogP contribution in [0, 0.1) is 0 Å². The maximum atomic E-state index is 10.9. The average Bonchev–Trinajstić information content (AvgIpc) is 2.04. The summed E-state index contributed by atoms with van der Waals surface area (Å²) in [7, 11) is -3.38. The summed E-state index contributed by atoms with van der Waals surface area (Å²) in [5, 5.41) is 4.52. The van der Waals surface area contributed by atoms with Gasteiger partial charge in [0.1, 0.15) is 0 Å². The zero-order chi connectivity index (χ0) is 9.90. The van der Waals surface area contributed by atoms with Crippen LogP contribution in [-0.2, 0) is 14.8 Å². The van der Waals surface area contributed by atoms with Gasteiger partial charge in [0.05, 0.1) is 18.5 Å². The van der Waals surface area contributed by atoms with E-state index < -0.39 is 15.3 Å². The van der Waals surface area contributed by atoms with Crippen molar-refractivity contribution in [3.63, 3.8) is 0 Å². The second-order valence-corrected chi connectivity index (χ2v) is 5.30. The predicted octanol–water partition coefficient (Wildman–Crippen LogP) is -1.00. The third-order valence-corrected chi connectivity index (χ3v) is 3.45. The van der Waals surface area contributed by atoms with E-state index in [1.807, 2.05) is 0 Å². The van der Waals surface area contributed by atoms with E-state index in [0.717, 1.165) is 13.1 Å². The first-order chi connectivity index (χ1) is 6.00. The highest BCUT2D eigenvalue weighted by molar-refractivity contribution is 7.89. The molecule has 0 aromatic heterocycles. The number of nitrogens with two attached hydrogens (primary N) is 1. The fourth-order valence-corrected chi connectivity index (χ4v) is 1.67. The lowest BCUT2D eigenvalue weighted by atomic mass is 10.3. The number of hydrogen-bond acceptors (Lipinski definition) is 4. The van der Waals surface area contributed by atoms with Crippen molar-refractivity contribution in [3.8, 4) is 0 Å². The molecule has 0 aromatic carbocycles. The highest BCUT2D eigenvalue weighted by Gasteiger charge is 2.20. The first kappa shape index (κ1) is 10.9. The van der Waals surface area contributed by atoms with Gasteiger partial charge in [-0.15, -0.1) is 0 Å². The zero-order valence-electron chi connectivity index (χ0n) is 7.77. The standard InChI is InChI=1S/C7H16N2O3S/c1-7(13(8,10)11)6-9-2-4-12-5-3-9/h7H,2-6H2,1H3,(H2,8,10,11). The molecule has 0 radical (unpaired) electrons. The molecular formula is C7H16N2O3S. The summed E-state index contributed by atoms with van der Waals surface area (Å²) in [6, 6.07) is 0. The van der Waals surface area contributed by atoms with Crippen molar-refractivity contribution in [2.45, 2.75) is 12.2 Å². The molecule has 0 aliphatic carbocycles. The van der Waals surface area contributed by atoms with Gasteiger partial charge in [-0.2, -0.15) is 0 Å². The van der Waals surface area contributed by atoms with Crippen molar-refractivity contribution in [1.82, 2.24) is 4.90 Å². The third-order valence-electron chi connectivity index (χ3n) is 2.18. The first-order valence-corrected chi connectivity index (χ1v) is 5.93. The summed E-state index contributed by atoms with van der Waals surface area (Å²) in [6.45, 7) is 5.07. The largest absolute Gasteiger partial charge is 0.379 e. The fraction of sp³-hybridized carbons (Fsp3) is 1.00. The Bertz CT molecular complexity index is 246. The molecular weight excluding hydrogens is 192 g/mol. The van der Waals surface area contributed by atoms with Gasteiger partial charge in [-0.25, -0.2) is 13.6 Å². The molecule has 1 saturated heterocycles. The van der Waals surface area contributed by atoms with Crippen LogP contribution in [-0.4, -0.2) is 51.4 Å². The van der Waals surface area contributed by atoms with Gasteiger partial charge in [-0.05, 0) is 6.92 Å². The summed E-state index contributed by atoms with van der Waals surface area (Å²) in [5.41, 5.74) is 0. The first-order valence-electron chi connectivity index (χ1n) is 4.32. The highest BCUT2D eigenvalue weighted by Crippen LogP contribution is 2.02. The predicted molar refractivity (Wildman–Crippen MR) is 49.8 cm³/mol. The molecule has 6 heteroatoms. The molecule has 2 N–H and O–H groups in total. The van der Waals surface area contributed by atoms with Crippen LogP contribution in [0.4, 0.5) is 0 Å². The van der Waals surface area contributed by atoms with E-state index in [0.29, 0.717) is 19.8 Å². The van der Waals surface area contributed by atoms with Crippen molar-refractivity contribution in [2.24, 2.45) is 5.14 Å². The molecule has 1 unspecified atom stereocenters. The monoisotopic (exact) mass is 208 g/mol. The molecule has 0 saturated carbocycles. The smallest absolute Gasteiger partial charge is 0.212 e. The minimum Gasteiger partial charge on any atom is -0.379 e. The molecule has 78 valence electrons. The lowest BCUT2D eigenvalue weighted by Gasteiger charge is -2.28. The maximum Gasteiger partial charge on any atom is 0.212 e. The van der Waals surface area contributed by atoms with Crippen LogP contribution >= 0.6 is 0 Å². The molecule has 0 amide bonds. The summed E-state index contributed by atoms with van der Waals surface area (Å²) >= 11 is 0. The number of hydrogen-bond donors (Lipinski definition) is 1. The molecule has 0 aromatic rings. The Balaban J connectivity index is 2.39. The number of sulfonamides is 1. The van der Waals surface area contributed by atoms with Crippen LogP contribution in [0.1, 0.15) is 6.92 Å². The van der Waals surface area contributed by atoms with Crippen LogP contribution in [0.5, 0.6) is 0 Å². The van der Waals surface area contributed by atoms with E-state index in [1.165, 1.54) is 0 Å². The highest BCUT2D eigenvalue weighted by atomic mass is 32.2. The Labute approximate surface area is 78.9 Å². The summed E-state index contributed by atoms with van der Waals surface area (Å²) in [4.78, 5) is 2.05. The second kappa shape index (κ2) is 4.36. The van der Waals surface area contributed by atoms with Gasteiger partial charge in [-0.1, -0.05) is 0 Å². The SMILES string of the molecule is CC(CN1CCOCC1)S(N)(=O)=O. The molecule has 1 fully saturated rings. The Kier molecular flexibility index (Phi) is 3.66. The van der Waals surface area contributed by atoms with Crippen molar-refractivity contribution >= 4 is 10.0 Å². The van der Waals surface area contributed by atoms with Gasteiger partial charge < -0.3 is 4.74 Å². The molecule has 5 nitrogen and oxygen atoms in total. The van der Waals surface area contributed by atoms with E-state index in [4.69, 9.17) is 9.88 Å². The van der Waals surface area contributed by atoms with Gasteiger partial charge >= 0.3 is 0 Å². The summed E-state index contributed by atoms with van der Waals surface area (Å²) in [5.74, 6) is 0. The molecule has 1 aliphatic rings. The molecule has 0 bridgehead atoms. The maximum absolute atomic E-state index is 10.9. The van der Waals surface area contributed by atoms with Crippen LogP contribution in [0.2, 0.25) is 0 Å². The minimum absolute atomic E-state index is 0.495. The van der Waals surface area contributed by atoms with Gasteiger partial charge in [0.25, 0.3) is 0 Å². The van der Waals surface area contributed by atoms with Crippen LogP contribution in [0.25, 0.3) is 0 Å². The number of ether oxygens (including phenoxy) is 1. The lowest BCUT2D eigenvalue weighted by Crippen LogP contribution is -2.43. The quantitative estimate of drug-likeness (QED) is 0.645. The van der Waals surface area contributed by atoms with Crippen molar-refractivity contribution in [1.29, 1.82) is 0 Å². The van der Waals surface area contributed by atoms with Crippen molar-refractivity contribution in [3.05, 3.63) is 0 Å². The Morgan fingerprint density at radius 3 is 2.46 bits per heavy atom. The van der Waals surface area contributed by atoms with E-state index in [2.05, 4.69) is 4.90 Å². The van der Waals surface area contributed by atoms with Gasteiger partial charge in [0.2, 0.25) is 10.0 Å². The summed E-state index contributed by atoms with van der Waals surface area (Å²) in [6.07, 6.45) is 0. The van der Waals surface area contributed by atoms with Crippen LogP contribution in [0.3, 0.4) is 0 Å². The number of rotatable bonds is 3. The molecule has 1 atom stereocenters. The Hall–Kier alpha value is -0.170. The van der Waals surface area contributed by atoms with E-state index in [1.54, 1.807) is 6.92 Å².